The number of halogens is 1. The van der Waals surface area contributed by atoms with Crippen LogP contribution in [0.4, 0.5) is 11.4 Å². The summed E-state index contributed by atoms with van der Waals surface area (Å²) in [5.74, 6) is -0.332. The lowest BCUT2D eigenvalue weighted by Gasteiger charge is -2.47. The summed E-state index contributed by atoms with van der Waals surface area (Å²) < 4.78 is 0. The molecule has 0 saturated carbocycles. The Morgan fingerprint density at radius 3 is 2.44 bits per heavy atom. The summed E-state index contributed by atoms with van der Waals surface area (Å²) in [5, 5.41) is 11.0. The van der Waals surface area contributed by atoms with Gasteiger partial charge in [0.1, 0.15) is 17.3 Å². The molecular formula is C27H25ClN4O2. The molecule has 5 rings (SSSR count). The van der Waals surface area contributed by atoms with Crippen molar-refractivity contribution in [3.63, 3.8) is 0 Å². The second-order valence-electron chi connectivity index (χ2n) is 9.99. The molecule has 0 fully saturated rings. The fourth-order valence-electron chi connectivity index (χ4n) is 5.78. The number of Topliss-reactive ketones (excluding diaryl/α,β-unsaturated/α-hetero) is 1. The number of nitriles is 1. The Kier molecular flexibility index (Phi) is 4.72. The summed E-state index contributed by atoms with van der Waals surface area (Å²) in [6.45, 7) is 5.93. The van der Waals surface area contributed by atoms with Crippen molar-refractivity contribution < 1.29 is 9.59 Å². The molecule has 172 valence electrons. The van der Waals surface area contributed by atoms with Crippen molar-refractivity contribution in [3.05, 3.63) is 81.3 Å². The number of fused-ring (bicyclic) bond motifs is 3. The van der Waals surface area contributed by atoms with Crippen LogP contribution in [0.25, 0.3) is 0 Å². The molecule has 0 unspecified atom stereocenters. The lowest BCUT2D eigenvalue weighted by atomic mass is 9.60. The maximum Gasteiger partial charge on any atom is 0.247 e. The standard InChI is InChI=1S/C27H25ClN4O2/c1-15-18(28)9-7-11-19(15)32-21-12-26(2,3)13-22(33)23(21)27(17(14-29)24(32)30)16-8-5-6-10-20(16)31(4)25(27)34/h5-11H,12-13,30H2,1-4H3/t27-/m0/s1. The van der Waals surface area contributed by atoms with Gasteiger partial charge in [-0.25, -0.2) is 0 Å². The van der Waals surface area contributed by atoms with Gasteiger partial charge in [0.15, 0.2) is 5.78 Å². The van der Waals surface area contributed by atoms with Gasteiger partial charge in [-0.1, -0.05) is 49.7 Å². The van der Waals surface area contributed by atoms with Crippen LogP contribution in [0.5, 0.6) is 0 Å². The Morgan fingerprint density at radius 2 is 1.74 bits per heavy atom. The third-order valence-electron chi connectivity index (χ3n) is 7.26. The number of carbonyl (C=O) groups is 2. The molecular weight excluding hydrogens is 448 g/mol. The lowest BCUT2D eigenvalue weighted by Crippen LogP contribution is -2.53. The molecule has 0 saturated heterocycles. The van der Waals surface area contributed by atoms with Crippen LogP contribution in [0.2, 0.25) is 5.02 Å². The first kappa shape index (κ1) is 22.2. The first-order valence-electron chi connectivity index (χ1n) is 11.2. The Hall–Kier alpha value is -3.56. The third kappa shape index (κ3) is 2.68. The van der Waals surface area contributed by atoms with Crippen LogP contribution in [-0.4, -0.2) is 18.7 Å². The number of carbonyl (C=O) groups excluding carboxylic acids is 2. The largest absolute Gasteiger partial charge is 0.384 e. The van der Waals surface area contributed by atoms with Gasteiger partial charge in [0.25, 0.3) is 0 Å². The molecule has 2 aliphatic heterocycles. The van der Waals surface area contributed by atoms with Crippen LogP contribution in [-0.2, 0) is 15.0 Å². The van der Waals surface area contributed by atoms with Gasteiger partial charge in [0, 0.05) is 41.0 Å². The van der Waals surface area contributed by atoms with Gasteiger partial charge in [-0.2, -0.15) is 5.26 Å². The Labute approximate surface area is 203 Å². The monoisotopic (exact) mass is 472 g/mol. The molecule has 0 bridgehead atoms. The highest BCUT2D eigenvalue weighted by molar-refractivity contribution is 6.31. The van der Waals surface area contributed by atoms with Gasteiger partial charge in [0.2, 0.25) is 5.91 Å². The van der Waals surface area contributed by atoms with E-state index in [1.165, 1.54) is 4.90 Å². The Morgan fingerprint density at radius 1 is 1.06 bits per heavy atom. The smallest absolute Gasteiger partial charge is 0.247 e. The first-order valence-corrected chi connectivity index (χ1v) is 11.5. The maximum absolute atomic E-state index is 14.0. The van der Waals surface area contributed by atoms with E-state index in [0.29, 0.717) is 39.7 Å². The van der Waals surface area contributed by atoms with Crippen LogP contribution < -0.4 is 15.5 Å². The first-order chi connectivity index (χ1) is 16.1. The highest BCUT2D eigenvalue weighted by Crippen LogP contribution is 2.58. The molecule has 2 aromatic carbocycles. The van der Waals surface area contributed by atoms with E-state index in [9.17, 15) is 14.9 Å². The average Bonchev–Trinajstić information content (AvgIpc) is 2.99. The Bertz CT molecular complexity index is 1400. The van der Waals surface area contributed by atoms with Crippen molar-refractivity contribution in [1.82, 2.24) is 0 Å². The highest BCUT2D eigenvalue weighted by atomic mass is 35.5. The van der Waals surface area contributed by atoms with E-state index in [1.807, 2.05) is 57.2 Å². The van der Waals surface area contributed by atoms with E-state index in [2.05, 4.69) is 6.07 Å². The number of nitrogens with zero attached hydrogens (tertiary/aromatic N) is 3. The number of hydrogen-bond acceptors (Lipinski definition) is 5. The van der Waals surface area contributed by atoms with Crippen molar-refractivity contribution in [1.29, 1.82) is 5.26 Å². The van der Waals surface area contributed by atoms with Gasteiger partial charge in [0.05, 0.1) is 11.3 Å². The molecule has 3 aliphatic rings. The number of ketones is 1. The molecule has 1 amide bonds. The van der Waals surface area contributed by atoms with Crippen LogP contribution >= 0.6 is 11.6 Å². The summed E-state index contributed by atoms with van der Waals surface area (Å²) in [6.07, 6.45) is 0.786. The fraction of sp³-hybridized carbons (Fsp3) is 0.296. The number of likely N-dealkylation sites (N-methyl/N-ethyl adjacent to an activating group) is 1. The fourth-order valence-corrected chi connectivity index (χ4v) is 5.95. The predicted molar refractivity (Wildman–Crippen MR) is 132 cm³/mol. The molecule has 0 radical (unpaired) electrons. The molecule has 34 heavy (non-hydrogen) atoms. The second kappa shape index (κ2) is 7.22. The van der Waals surface area contributed by atoms with Crippen molar-refractivity contribution in [2.45, 2.75) is 39.0 Å². The minimum atomic E-state index is -1.56. The van der Waals surface area contributed by atoms with Gasteiger partial charge in [-0.05, 0) is 42.5 Å². The number of allylic oxidation sites excluding steroid dienone is 1. The lowest BCUT2D eigenvalue weighted by molar-refractivity contribution is -0.124. The highest BCUT2D eigenvalue weighted by Gasteiger charge is 2.62. The minimum absolute atomic E-state index is 0.0699. The normalized spacial score (nSPS) is 23.4. The molecule has 6 nitrogen and oxygen atoms in total. The summed E-state index contributed by atoms with van der Waals surface area (Å²) >= 11 is 6.45. The molecule has 2 aromatic rings. The number of benzene rings is 2. The van der Waals surface area contributed by atoms with Gasteiger partial charge in [-0.3, -0.25) is 14.5 Å². The quantitative estimate of drug-likeness (QED) is 0.648. The summed E-state index contributed by atoms with van der Waals surface area (Å²) in [6, 6.07) is 15.0. The van der Waals surface area contributed by atoms with Crippen LogP contribution in [0.3, 0.4) is 0 Å². The number of hydrogen-bond donors (Lipinski definition) is 1. The van der Waals surface area contributed by atoms with Crippen LogP contribution in [0.1, 0.15) is 37.8 Å². The van der Waals surface area contributed by atoms with E-state index >= 15 is 0 Å². The van der Waals surface area contributed by atoms with Gasteiger partial charge in [-0.15, -0.1) is 0 Å². The molecule has 2 N–H and O–H groups in total. The third-order valence-corrected chi connectivity index (χ3v) is 7.67. The zero-order chi connectivity index (χ0) is 24.6. The number of amides is 1. The van der Waals surface area contributed by atoms with Crippen molar-refractivity contribution in [2.24, 2.45) is 11.1 Å². The summed E-state index contributed by atoms with van der Waals surface area (Å²) in [5.41, 5.74) is 8.69. The van der Waals surface area contributed by atoms with Crippen LogP contribution in [0.15, 0.2) is 65.1 Å². The number of para-hydroxylation sites is 1. The van der Waals surface area contributed by atoms with Crippen molar-refractivity contribution >= 4 is 34.7 Å². The molecule has 7 heteroatoms. The van der Waals surface area contributed by atoms with E-state index in [0.717, 1.165) is 5.56 Å². The molecule has 1 spiro atoms. The molecule has 1 atom stereocenters. The van der Waals surface area contributed by atoms with E-state index < -0.39 is 5.41 Å². The van der Waals surface area contributed by atoms with Crippen molar-refractivity contribution in [3.8, 4) is 6.07 Å². The topological polar surface area (TPSA) is 90.4 Å². The minimum Gasteiger partial charge on any atom is -0.384 e. The SMILES string of the molecule is Cc1c(Cl)cccc1N1C(N)=C(C#N)[C@]2(C(=O)N(C)c3ccccc32)C2=C1CC(C)(C)CC2=O. The van der Waals surface area contributed by atoms with Gasteiger partial charge < -0.3 is 10.6 Å². The van der Waals surface area contributed by atoms with E-state index in [4.69, 9.17) is 17.3 Å². The van der Waals surface area contributed by atoms with E-state index in [1.54, 1.807) is 18.0 Å². The maximum atomic E-state index is 14.0. The molecule has 2 heterocycles. The molecule has 1 aliphatic carbocycles. The predicted octanol–water partition coefficient (Wildman–Crippen LogP) is 4.72. The Balaban J connectivity index is 1.94. The average molecular weight is 473 g/mol. The molecule has 0 aromatic heterocycles. The summed E-state index contributed by atoms with van der Waals surface area (Å²) in [7, 11) is 1.67. The second-order valence-corrected chi connectivity index (χ2v) is 10.4. The number of nitrogens with two attached hydrogens (primary N) is 1. The zero-order valence-electron chi connectivity index (χ0n) is 19.6. The number of rotatable bonds is 1. The zero-order valence-corrected chi connectivity index (χ0v) is 20.3. The van der Waals surface area contributed by atoms with Crippen LogP contribution in [0, 0.1) is 23.7 Å². The van der Waals surface area contributed by atoms with E-state index in [-0.39, 0.29) is 34.9 Å². The summed E-state index contributed by atoms with van der Waals surface area (Å²) in [4.78, 5) is 31.2. The van der Waals surface area contributed by atoms with Crippen molar-refractivity contribution in [2.75, 3.05) is 16.8 Å². The van der Waals surface area contributed by atoms with Gasteiger partial charge >= 0.3 is 0 Å². The number of anilines is 2.